The molecule has 2 aromatic rings. The lowest BCUT2D eigenvalue weighted by atomic mass is 10.2. The minimum absolute atomic E-state index is 0.326. The molecule has 1 aromatic carbocycles. The molecule has 0 unspecified atom stereocenters. The maximum Gasteiger partial charge on any atom is 0.329 e. The molecule has 1 fully saturated rings. The zero-order chi connectivity index (χ0) is 17.8. The van der Waals surface area contributed by atoms with Crippen LogP contribution in [0.25, 0.3) is 0 Å². The standard InChI is InChI=1S/C17H18ClN3O3S/c1-11-4-5-12(18)9-13(11)20-15(22)10-24-16(23)14-3-2-7-21(14)17-19-6-8-25-17/h4-6,8-9,14H,2-3,7,10H2,1H3,(H,20,22)/t14-/m1/s1. The molecule has 1 saturated heterocycles. The normalized spacial score (nSPS) is 16.7. The van der Waals surface area contributed by atoms with E-state index in [1.807, 2.05) is 23.3 Å². The monoisotopic (exact) mass is 379 g/mol. The van der Waals surface area contributed by atoms with Gasteiger partial charge in [-0.2, -0.15) is 0 Å². The number of aromatic nitrogens is 1. The third-order valence-electron chi connectivity index (χ3n) is 4.01. The number of aryl methyl sites for hydroxylation is 1. The second kappa shape index (κ2) is 7.84. The van der Waals surface area contributed by atoms with E-state index in [1.54, 1.807) is 18.3 Å². The van der Waals surface area contributed by atoms with Gasteiger partial charge >= 0.3 is 5.97 Å². The molecule has 1 aliphatic rings. The minimum Gasteiger partial charge on any atom is -0.454 e. The highest BCUT2D eigenvalue weighted by Crippen LogP contribution is 2.27. The maximum atomic E-state index is 12.3. The molecule has 1 atom stereocenters. The molecule has 1 aliphatic heterocycles. The van der Waals surface area contributed by atoms with Gasteiger partial charge in [0.2, 0.25) is 0 Å². The molecule has 0 aliphatic carbocycles. The van der Waals surface area contributed by atoms with Crippen LogP contribution in [-0.2, 0) is 14.3 Å². The number of ether oxygens (including phenoxy) is 1. The number of halogens is 1. The Balaban J connectivity index is 1.55. The Labute approximate surface area is 154 Å². The van der Waals surface area contributed by atoms with Gasteiger partial charge in [0.1, 0.15) is 6.04 Å². The summed E-state index contributed by atoms with van der Waals surface area (Å²) in [6, 6.07) is 4.85. The Kier molecular flexibility index (Phi) is 5.55. The van der Waals surface area contributed by atoms with Gasteiger partial charge in [-0.1, -0.05) is 17.7 Å². The summed E-state index contributed by atoms with van der Waals surface area (Å²) in [7, 11) is 0. The van der Waals surface area contributed by atoms with E-state index in [9.17, 15) is 9.59 Å². The summed E-state index contributed by atoms with van der Waals surface area (Å²) in [5.74, 6) is -0.789. The Morgan fingerprint density at radius 2 is 2.32 bits per heavy atom. The van der Waals surface area contributed by atoms with Crippen molar-refractivity contribution in [3.05, 3.63) is 40.4 Å². The smallest absolute Gasteiger partial charge is 0.329 e. The van der Waals surface area contributed by atoms with Crippen LogP contribution in [0.5, 0.6) is 0 Å². The summed E-state index contributed by atoms with van der Waals surface area (Å²) in [4.78, 5) is 30.6. The van der Waals surface area contributed by atoms with Gasteiger partial charge in [-0.25, -0.2) is 9.78 Å². The van der Waals surface area contributed by atoms with Crippen LogP contribution in [0.1, 0.15) is 18.4 Å². The molecule has 0 bridgehead atoms. The number of nitrogens with zero attached hydrogens (tertiary/aromatic N) is 2. The zero-order valence-corrected chi connectivity index (χ0v) is 15.3. The number of anilines is 2. The average Bonchev–Trinajstić information content (AvgIpc) is 3.26. The molecule has 132 valence electrons. The average molecular weight is 380 g/mol. The quantitative estimate of drug-likeness (QED) is 0.807. The van der Waals surface area contributed by atoms with Crippen molar-refractivity contribution in [1.29, 1.82) is 0 Å². The number of carbonyl (C=O) groups excluding carboxylic acids is 2. The lowest BCUT2D eigenvalue weighted by molar-refractivity contribution is -0.148. The molecule has 3 rings (SSSR count). The Morgan fingerprint density at radius 3 is 3.08 bits per heavy atom. The van der Waals surface area contributed by atoms with Gasteiger partial charge in [-0.3, -0.25) is 4.79 Å². The van der Waals surface area contributed by atoms with Gasteiger partial charge in [0, 0.05) is 28.8 Å². The molecule has 1 aromatic heterocycles. The first-order valence-corrected chi connectivity index (χ1v) is 9.19. The van der Waals surface area contributed by atoms with Gasteiger partial charge in [-0.15, -0.1) is 11.3 Å². The largest absolute Gasteiger partial charge is 0.454 e. The maximum absolute atomic E-state index is 12.3. The van der Waals surface area contributed by atoms with Gasteiger partial charge in [0.05, 0.1) is 0 Å². The highest BCUT2D eigenvalue weighted by atomic mass is 35.5. The van der Waals surface area contributed by atoms with Crippen molar-refractivity contribution in [1.82, 2.24) is 4.98 Å². The Morgan fingerprint density at radius 1 is 1.48 bits per heavy atom. The molecule has 0 spiro atoms. The molecule has 8 heteroatoms. The minimum atomic E-state index is -0.398. The van der Waals surface area contributed by atoms with Crippen LogP contribution in [0, 0.1) is 6.92 Å². The molecule has 1 amide bonds. The van der Waals surface area contributed by atoms with Crippen LogP contribution < -0.4 is 10.2 Å². The second-order valence-electron chi connectivity index (χ2n) is 5.78. The summed E-state index contributed by atoms with van der Waals surface area (Å²) in [5.41, 5.74) is 1.49. The first-order chi connectivity index (χ1) is 12.0. The first kappa shape index (κ1) is 17.7. The Bertz CT molecular complexity index is 767. The topological polar surface area (TPSA) is 71.5 Å². The molecule has 25 heavy (non-hydrogen) atoms. The zero-order valence-electron chi connectivity index (χ0n) is 13.7. The number of esters is 1. The summed E-state index contributed by atoms with van der Waals surface area (Å²) in [6.07, 6.45) is 3.31. The van der Waals surface area contributed by atoms with Crippen molar-refractivity contribution in [3.63, 3.8) is 0 Å². The van der Waals surface area contributed by atoms with Crippen LogP contribution in [0.3, 0.4) is 0 Å². The van der Waals surface area contributed by atoms with Gasteiger partial charge in [0.25, 0.3) is 5.91 Å². The van der Waals surface area contributed by atoms with Crippen LogP contribution in [0.2, 0.25) is 5.02 Å². The number of hydrogen-bond donors (Lipinski definition) is 1. The number of hydrogen-bond acceptors (Lipinski definition) is 6. The van der Waals surface area contributed by atoms with Crippen LogP contribution >= 0.6 is 22.9 Å². The van der Waals surface area contributed by atoms with Crippen molar-refractivity contribution < 1.29 is 14.3 Å². The highest BCUT2D eigenvalue weighted by Gasteiger charge is 2.33. The van der Waals surface area contributed by atoms with E-state index in [2.05, 4.69) is 10.3 Å². The fourth-order valence-electron chi connectivity index (χ4n) is 2.75. The number of thiazole rings is 1. The molecule has 0 saturated carbocycles. The van der Waals surface area contributed by atoms with E-state index < -0.39 is 11.9 Å². The fraction of sp³-hybridized carbons (Fsp3) is 0.353. The lowest BCUT2D eigenvalue weighted by Crippen LogP contribution is -2.38. The summed E-state index contributed by atoms with van der Waals surface area (Å²) < 4.78 is 5.21. The van der Waals surface area contributed by atoms with Crippen LogP contribution in [-0.4, -0.2) is 36.1 Å². The lowest BCUT2D eigenvalue weighted by Gasteiger charge is -2.22. The predicted molar refractivity (Wildman–Crippen MR) is 98.3 cm³/mol. The van der Waals surface area contributed by atoms with Crippen molar-refractivity contribution in [3.8, 4) is 0 Å². The molecule has 6 nitrogen and oxygen atoms in total. The van der Waals surface area contributed by atoms with Crippen molar-refractivity contribution in [2.24, 2.45) is 0 Å². The number of rotatable bonds is 5. The van der Waals surface area contributed by atoms with Crippen molar-refractivity contribution in [2.45, 2.75) is 25.8 Å². The van der Waals surface area contributed by atoms with E-state index >= 15 is 0 Å². The van der Waals surface area contributed by atoms with Crippen LogP contribution in [0.4, 0.5) is 10.8 Å². The van der Waals surface area contributed by atoms with E-state index in [0.29, 0.717) is 17.1 Å². The summed E-state index contributed by atoms with van der Waals surface area (Å²) in [6.45, 7) is 2.30. The molecular weight excluding hydrogens is 362 g/mol. The summed E-state index contributed by atoms with van der Waals surface area (Å²) in [5, 5.41) is 5.92. The SMILES string of the molecule is Cc1ccc(Cl)cc1NC(=O)COC(=O)[C@H]1CCCN1c1nccs1. The van der Waals surface area contributed by atoms with E-state index in [4.69, 9.17) is 16.3 Å². The molecular formula is C17H18ClN3O3S. The van der Waals surface area contributed by atoms with Crippen LogP contribution in [0.15, 0.2) is 29.8 Å². The van der Waals surface area contributed by atoms with Gasteiger partial charge in [-0.05, 0) is 37.5 Å². The van der Waals surface area contributed by atoms with Gasteiger partial charge < -0.3 is 15.0 Å². The molecule has 1 N–H and O–H groups in total. The fourth-order valence-corrected chi connectivity index (χ4v) is 3.64. The highest BCUT2D eigenvalue weighted by molar-refractivity contribution is 7.13. The first-order valence-electron chi connectivity index (χ1n) is 7.93. The van der Waals surface area contributed by atoms with Crippen molar-refractivity contribution in [2.75, 3.05) is 23.4 Å². The third-order valence-corrected chi connectivity index (χ3v) is 5.05. The second-order valence-corrected chi connectivity index (χ2v) is 7.09. The Hall–Kier alpha value is -2.12. The van der Waals surface area contributed by atoms with E-state index in [1.165, 1.54) is 11.3 Å². The third kappa shape index (κ3) is 4.29. The number of amides is 1. The number of benzene rings is 1. The molecule has 0 radical (unpaired) electrons. The summed E-state index contributed by atoms with van der Waals surface area (Å²) >= 11 is 7.42. The van der Waals surface area contributed by atoms with Gasteiger partial charge in [0.15, 0.2) is 11.7 Å². The van der Waals surface area contributed by atoms with E-state index in [0.717, 1.165) is 23.7 Å². The number of carbonyl (C=O) groups is 2. The molecule has 2 heterocycles. The predicted octanol–water partition coefficient (Wildman–Crippen LogP) is 3.26. The van der Waals surface area contributed by atoms with Crippen molar-refractivity contribution >= 4 is 45.6 Å². The number of nitrogens with one attached hydrogen (secondary N) is 1. The van der Waals surface area contributed by atoms with E-state index in [-0.39, 0.29) is 12.6 Å².